The molecule has 0 aliphatic carbocycles. The van der Waals surface area contributed by atoms with Crippen LogP contribution in [0.2, 0.25) is 5.02 Å². The molecule has 0 fully saturated rings. The Labute approximate surface area is 179 Å². The molecule has 0 unspecified atom stereocenters. The molecule has 5 heteroatoms. The van der Waals surface area contributed by atoms with E-state index in [-0.39, 0.29) is 11.5 Å². The Hall–Kier alpha value is -2.46. The number of rotatable bonds is 6. The number of aliphatic imine (C=N–C) groups is 1. The van der Waals surface area contributed by atoms with Gasteiger partial charge in [0.1, 0.15) is 0 Å². The average Bonchev–Trinajstić information content (AvgIpc) is 2.72. The molecule has 156 valence electrons. The van der Waals surface area contributed by atoms with Crippen molar-refractivity contribution in [2.45, 2.75) is 54.4 Å². The molecular weight excluding hydrogens is 384 g/mol. The first kappa shape index (κ1) is 24.6. The van der Waals surface area contributed by atoms with Gasteiger partial charge in [-0.3, -0.25) is 9.98 Å². The summed E-state index contributed by atoms with van der Waals surface area (Å²) in [5.41, 5.74) is 5.18. The second-order valence-corrected chi connectivity index (χ2v) is 7.45. The lowest BCUT2D eigenvalue weighted by atomic mass is 10.1. The van der Waals surface area contributed by atoms with Crippen molar-refractivity contribution in [1.82, 2.24) is 4.98 Å². The molecule has 1 aromatic heterocycles. The van der Waals surface area contributed by atoms with Crippen LogP contribution in [-0.4, -0.2) is 21.8 Å². The van der Waals surface area contributed by atoms with E-state index >= 15 is 0 Å². The van der Waals surface area contributed by atoms with E-state index in [0.29, 0.717) is 5.70 Å². The highest BCUT2D eigenvalue weighted by Crippen LogP contribution is 2.19. The Morgan fingerprint density at radius 2 is 1.86 bits per heavy atom. The van der Waals surface area contributed by atoms with Crippen molar-refractivity contribution < 1.29 is 9.90 Å². The fraction of sp³-hybridized carbons (Fsp3) is 0.375. The van der Waals surface area contributed by atoms with Crippen molar-refractivity contribution in [3.05, 3.63) is 75.7 Å². The summed E-state index contributed by atoms with van der Waals surface area (Å²) >= 11 is 5.95. The topological polar surface area (TPSA) is 62.5 Å². The maximum absolute atomic E-state index is 11.0. The zero-order valence-corrected chi connectivity index (χ0v) is 18.9. The SMILES string of the molecule is CC(=N/C(=C(\C)C(=O)O)C(C)C)c1cccnc1.CCc1ccc(Cl)c(CC)c1. The molecule has 0 bridgehead atoms. The van der Waals surface area contributed by atoms with Gasteiger partial charge in [-0.15, -0.1) is 0 Å². The quantitative estimate of drug-likeness (QED) is 0.441. The number of aromatic nitrogens is 1. The van der Waals surface area contributed by atoms with Crippen LogP contribution in [0, 0.1) is 5.92 Å². The molecule has 4 nitrogen and oxygen atoms in total. The fourth-order valence-electron chi connectivity index (χ4n) is 2.70. The summed E-state index contributed by atoms with van der Waals surface area (Å²) in [6.07, 6.45) is 5.52. The molecule has 0 saturated heterocycles. The van der Waals surface area contributed by atoms with Crippen LogP contribution < -0.4 is 0 Å². The normalized spacial score (nSPS) is 12.2. The van der Waals surface area contributed by atoms with Gasteiger partial charge in [0.25, 0.3) is 0 Å². The maximum atomic E-state index is 11.0. The zero-order valence-electron chi connectivity index (χ0n) is 18.2. The summed E-state index contributed by atoms with van der Waals surface area (Å²) < 4.78 is 0. The third kappa shape index (κ3) is 7.82. The van der Waals surface area contributed by atoms with E-state index in [1.165, 1.54) is 11.1 Å². The molecule has 2 rings (SSSR count). The highest BCUT2D eigenvalue weighted by atomic mass is 35.5. The molecule has 0 aliphatic heterocycles. The van der Waals surface area contributed by atoms with E-state index in [1.807, 2.05) is 39.0 Å². The van der Waals surface area contributed by atoms with Crippen LogP contribution in [0.25, 0.3) is 0 Å². The number of pyridine rings is 1. The Bertz CT molecular complexity index is 872. The third-order valence-corrected chi connectivity index (χ3v) is 4.89. The lowest BCUT2D eigenvalue weighted by molar-refractivity contribution is -0.132. The lowest BCUT2D eigenvalue weighted by Gasteiger charge is -2.10. The lowest BCUT2D eigenvalue weighted by Crippen LogP contribution is -2.07. The number of allylic oxidation sites excluding steroid dienone is 1. The van der Waals surface area contributed by atoms with Crippen molar-refractivity contribution in [2.24, 2.45) is 10.9 Å². The molecule has 0 saturated carbocycles. The number of nitrogens with zero attached hydrogens (tertiary/aromatic N) is 2. The van der Waals surface area contributed by atoms with Crippen LogP contribution in [0.15, 0.2) is 59.0 Å². The Morgan fingerprint density at radius 1 is 1.17 bits per heavy atom. The number of carbonyl (C=O) groups is 1. The zero-order chi connectivity index (χ0) is 22.0. The molecule has 29 heavy (non-hydrogen) atoms. The summed E-state index contributed by atoms with van der Waals surface area (Å²) in [5, 5.41) is 9.94. The van der Waals surface area contributed by atoms with Gasteiger partial charge < -0.3 is 5.11 Å². The number of aryl methyl sites for hydroxylation is 2. The average molecular weight is 415 g/mol. The summed E-state index contributed by atoms with van der Waals surface area (Å²) in [4.78, 5) is 19.5. The molecule has 0 spiro atoms. The smallest absolute Gasteiger partial charge is 0.333 e. The number of aliphatic carboxylic acids is 1. The fourth-order valence-corrected chi connectivity index (χ4v) is 2.95. The first-order chi connectivity index (χ1) is 13.7. The van der Waals surface area contributed by atoms with Crippen LogP contribution in [0.5, 0.6) is 0 Å². The molecule has 1 N–H and O–H groups in total. The van der Waals surface area contributed by atoms with Crippen LogP contribution >= 0.6 is 11.6 Å². The van der Waals surface area contributed by atoms with Gasteiger partial charge in [0.2, 0.25) is 0 Å². The summed E-state index contributed by atoms with van der Waals surface area (Å²) in [5.74, 6) is -0.867. The molecule has 2 aromatic rings. The van der Waals surface area contributed by atoms with Crippen molar-refractivity contribution in [1.29, 1.82) is 0 Å². The number of halogens is 1. The van der Waals surface area contributed by atoms with Gasteiger partial charge in [0.15, 0.2) is 0 Å². The number of benzene rings is 1. The Kier molecular flexibility index (Phi) is 10.3. The minimum atomic E-state index is -0.929. The first-order valence-corrected chi connectivity index (χ1v) is 10.3. The van der Waals surface area contributed by atoms with Crippen molar-refractivity contribution >= 4 is 23.3 Å². The Morgan fingerprint density at radius 3 is 2.34 bits per heavy atom. The van der Waals surface area contributed by atoms with E-state index in [2.05, 4.69) is 36.0 Å². The van der Waals surface area contributed by atoms with Crippen LogP contribution in [-0.2, 0) is 17.6 Å². The van der Waals surface area contributed by atoms with Gasteiger partial charge in [-0.25, -0.2) is 4.79 Å². The highest BCUT2D eigenvalue weighted by molar-refractivity contribution is 6.31. The van der Waals surface area contributed by atoms with Gasteiger partial charge in [0.05, 0.1) is 11.3 Å². The van der Waals surface area contributed by atoms with E-state index in [9.17, 15) is 4.79 Å². The Balaban J connectivity index is 0.000000326. The van der Waals surface area contributed by atoms with Crippen molar-refractivity contribution in [2.75, 3.05) is 0 Å². The molecule has 0 atom stereocenters. The van der Waals surface area contributed by atoms with Crippen LogP contribution in [0.1, 0.15) is 58.2 Å². The monoisotopic (exact) mass is 414 g/mol. The predicted octanol–water partition coefficient (Wildman–Crippen LogP) is 6.37. The molecule has 1 aromatic carbocycles. The number of carboxylic acid groups (broad SMARTS) is 1. The van der Waals surface area contributed by atoms with Gasteiger partial charge in [-0.2, -0.15) is 0 Å². The van der Waals surface area contributed by atoms with E-state index < -0.39 is 5.97 Å². The van der Waals surface area contributed by atoms with E-state index in [4.69, 9.17) is 16.7 Å². The summed E-state index contributed by atoms with van der Waals surface area (Å²) in [6.45, 7) is 11.6. The van der Waals surface area contributed by atoms with Crippen LogP contribution in [0.3, 0.4) is 0 Å². The van der Waals surface area contributed by atoms with E-state index in [1.54, 1.807) is 19.3 Å². The number of carboxylic acids is 1. The molecule has 0 radical (unpaired) electrons. The predicted molar refractivity (Wildman–Crippen MR) is 122 cm³/mol. The second-order valence-electron chi connectivity index (χ2n) is 7.04. The van der Waals surface area contributed by atoms with Gasteiger partial charge in [-0.05, 0) is 55.9 Å². The third-order valence-electron chi connectivity index (χ3n) is 4.52. The molecule has 1 heterocycles. The minimum Gasteiger partial charge on any atom is -0.478 e. The first-order valence-electron chi connectivity index (χ1n) is 9.88. The van der Waals surface area contributed by atoms with Crippen molar-refractivity contribution in [3.63, 3.8) is 0 Å². The molecule has 0 amide bonds. The number of hydrogen-bond acceptors (Lipinski definition) is 3. The minimum absolute atomic E-state index is 0.0627. The van der Waals surface area contributed by atoms with Crippen molar-refractivity contribution in [3.8, 4) is 0 Å². The molecule has 0 aliphatic rings. The van der Waals surface area contributed by atoms with Gasteiger partial charge in [0, 0.05) is 28.7 Å². The van der Waals surface area contributed by atoms with Gasteiger partial charge >= 0.3 is 5.97 Å². The standard InChI is InChI=1S/C14H18N2O2.C10H13Cl/c1-9(2)13(10(3)14(17)18)16-11(4)12-6-5-7-15-8-12;1-3-8-5-6-10(11)9(4-2)7-8/h5-9H,1-4H3,(H,17,18);5-7H,3-4H2,1-2H3/b13-10+,16-11?;. The number of hydrogen-bond donors (Lipinski definition) is 1. The highest BCUT2D eigenvalue weighted by Gasteiger charge is 2.13. The maximum Gasteiger partial charge on any atom is 0.333 e. The second kappa shape index (κ2) is 12.2. The van der Waals surface area contributed by atoms with Crippen LogP contribution in [0.4, 0.5) is 0 Å². The summed E-state index contributed by atoms with van der Waals surface area (Å²) in [7, 11) is 0. The summed E-state index contributed by atoms with van der Waals surface area (Å²) in [6, 6.07) is 9.99. The largest absolute Gasteiger partial charge is 0.478 e. The van der Waals surface area contributed by atoms with E-state index in [0.717, 1.165) is 29.1 Å². The molecular formula is C24H31ClN2O2. The van der Waals surface area contributed by atoms with Gasteiger partial charge in [-0.1, -0.05) is 57.5 Å².